The molecule has 0 aliphatic heterocycles. The normalized spacial score (nSPS) is 13.8. The summed E-state index contributed by atoms with van der Waals surface area (Å²) < 4.78 is 26.9. The molecule has 17 heavy (non-hydrogen) atoms. The quantitative estimate of drug-likeness (QED) is 0.906. The zero-order chi connectivity index (χ0) is 12.5. The van der Waals surface area contributed by atoms with Gasteiger partial charge in [0, 0.05) is 4.88 Å². The second kappa shape index (κ2) is 4.77. The van der Waals surface area contributed by atoms with Crippen molar-refractivity contribution >= 4 is 33.0 Å². The van der Waals surface area contributed by atoms with Crippen LogP contribution in [0.25, 0.3) is 0 Å². The van der Waals surface area contributed by atoms with E-state index < -0.39 is 10.0 Å². The van der Waals surface area contributed by atoms with Crippen molar-refractivity contribution in [3.63, 3.8) is 0 Å². The average Bonchev–Trinajstić information content (AvgIpc) is 2.86. The smallest absolute Gasteiger partial charge is 0.258 e. The molecular formula is C9H10ClN3O2S2. The Kier molecular flexibility index (Phi) is 3.53. The van der Waals surface area contributed by atoms with Gasteiger partial charge < -0.3 is 4.98 Å². The molecule has 0 bridgehead atoms. The molecular weight excluding hydrogens is 282 g/mol. The molecule has 0 aromatic carbocycles. The van der Waals surface area contributed by atoms with Gasteiger partial charge in [0.25, 0.3) is 10.0 Å². The summed E-state index contributed by atoms with van der Waals surface area (Å²) in [6.45, 7) is 1.76. The van der Waals surface area contributed by atoms with Crippen LogP contribution in [0.2, 0.25) is 4.34 Å². The van der Waals surface area contributed by atoms with Crippen LogP contribution in [-0.2, 0) is 10.0 Å². The number of thiophene rings is 1. The number of halogens is 1. The summed E-state index contributed by atoms with van der Waals surface area (Å²) in [6.07, 6.45) is 2.58. The lowest BCUT2D eigenvalue weighted by Crippen LogP contribution is -2.26. The van der Waals surface area contributed by atoms with E-state index in [1.807, 2.05) is 0 Å². The first-order valence-corrected chi connectivity index (χ1v) is 7.43. The third-order valence-corrected chi connectivity index (χ3v) is 5.00. The molecule has 0 aliphatic carbocycles. The Morgan fingerprint density at radius 3 is 2.82 bits per heavy atom. The van der Waals surface area contributed by atoms with E-state index in [1.54, 1.807) is 19.1 Å². The van der Waals surface area contributed by atoms with Crippen molar-refractivity contribution in [2.45, 2.75) is 18.0 Å². The SMILES string of the molecule is CC(NS(=O)(=O)c1cnc[nH]1)c1ccc(Cl)s1. The highest BCUT2D eigenvalue weighted by Crippen LogP contribution is 2.27. The zero-order valence-corrected chi connectivity index (χ0v) is 11.2. The molecule has 92 valence electrons. The molecule has 0 saturated carbocycles. The van der Waals surface area contributed by atoms with E-state index in [-0.39, 0.29) is 11.1 Å². The Bertz CT molecular complexity index is 592. The summed E-state index contributed by atoms with van der Waals surface area (Å²) in [7, 11) is -3.56. The second-order valence-electron chi connectivity index (χ2n) is 3.40. The number of aromatic amines is 1. The number of sulfonamides is 1. The van der Waals surface area contributed by atoms with Gasteiger partial charge in [-0.3, -0.25) is 0 Å². The first-order chi connectivity index (χ1) is 7.99. The van der Waals surface area contributed by atoms with Crippen molar-refractivity contribution < 1.29 is 8.42 Å². The van der Waals surface area contributed by atoms with Gasteiger partial charge in [0.05, 0.1) is 22.9 Å². The van der Waals surface area contributed by atoms with Gasteiger partial charge in [0.1, 0.15) is 0 Å². The first-order valence-electron chi connectivity index (χ1n) is 4.75. The minimum Gasteiger partial charge on any atom is -0.335 e. The summed E-state index contributed by atoms with van der Waals surface area (Å²) >= 11 is 7.15. The summed E-state index contributed by atoms with van der Waals surface area (Å²) in [4.78, 5) is 7.09. The summed E-state index contributed by atoms with van der Waals surface area (Å²) in [5.41, 5.74) is 0. The van der Waals surface area contributed by atoms with E-state index in [4.69, 9.17) is 11.6 Å². The largest absolute Gasteiger partial charge is 0.335 e. The van der Waals surface area contributed by atoms with Crippen LogP contribution in [0.1, 0.15) is 17.8 Å². The number of imidazole rings is 1. The first kappa shape index (κ1) is 12.6. The molecule has 8 heteroatoms. The number of aromatic nitrogens is 2. The van der Waals surface area contributed by atoms with Crippen LogP contribution in [0.15, 0.2) is 29.7 Å². The Labute approximate surface area is 108 Å². The van der Waals surface area contributed by atoms with Gasteiger partial charge in [-0.15, -0.1) is 11.3 Å². The number of hydrogen-bond acceptors (Lipinski definition) is 4. The van der Waals surface area contributed by atoms with Crippen LogP contribution >= 0.6 is 22.9 Å². The molecule has 2 aromatic rings. The lowest BCUT2D eigenvalue weighted by atomic mass is 10.3. The van der Waals surface area contributed by atoms with Crippen LogP contribution in [0.3, 0.4) is 0 Å². The monoisotopic (exact) mass is 291 g/mol. The van der Waals surface area contributed by atoms with Crippen LogP contribution in [-0.4, -0.2) is 18.4 Å². The topological polar surface area (TPSA) is 74.8 Å². The molecule has 2 N–H and O–H groups in total. The predicted octanol–water partition coefficient (Wildman–Crippen LogP) is 2.16. The van der Waals surface area contributed by atoms with Crippen LogP contribution in [0.5, 0.6) is 0 Å². The number of H-pyrrole nitrogens is 1. The van der Waals surface area contributed by atoms with Crippen molar-refractivity contribution in [1.82, 2.24) is 14.7 Å². The van der Waals surface area contributed by atoms with E-state index in [9.17, 15) is 8.42 Å². The summed E-state index contributed by atoms with van der Waals surface area (Å²) in [5.74, 6) is 0. The van der Waals surface area contributed by atoms with Crippen molar-refractivity contribution in [1.29, 1.82) is 0 Å². The van der Waals surface area contributed by atoms with Gasteiger partial charge in [-0.25, -0.2) is 18.1 Å². The third-order valence-electron chi connectivity index (χ3n) is 2.12. The van der Waals surface area contributed by atoms with Gasteiger partial charge in [-0.2, -0.15) is 0 Å². The predicted molar refractivity (Wildman–Crippen MR) is 66.7 cm³/mol. The highest BCUT2D eigenvalue weighted by Gasteiger charge is 2.20. The van der Waals surface area contributed by atoms with E-state index in [2.05, 4.69) is 14.7 Å². The van der Waals surface area contributed by atoms with Gasteiger partial charge in [0.2, 0.25) is 0 Å². The Morgan fingerprint density at radius 1 is 1.53 bits per heavy atom. The molecule has 0 saturated heterocycles. The maximum atomic E-state index is 11.9. The zero-order valence-electron chi connectivity index (χ0n) is 8.84. The standard InChI is InChI=1S/C9H10ClN3O2S2/c1-6(7-2-3-8(10)16-7)13-17(14,15)9-4-11-5-12-9/h2-6,13H,1H3,(H,11,12). The molecule has 0 spiro atoms. The van der Waals surface area contributed by atoms with Crippen LogP contribution in [0, 0.1) is 0 Å². The van der Waals surface area contributed by atoms with Crippen LogP contribution in [0.4, 0.5) is 0 Å². The number of nitrogens with one attached hydrogen (secondary N) is 2. The molecule has 2 heterocycles. The fraction of sp³-hybridized carbons (Fsp3) is 0.222. The number of hydrogen-bond donors (Lipinski definition) is 2. The van der Waals surface area contributed by atoms with E-state index in [1.165, 1.54) is 23.9 Å². The Balaban J connectivity index is 2.17. The van der Waals surface area contributed by atoms with Crippen molar-refractivity contribution in [2.24, 2.45) is 0 Å². The maximum Gasteiger partial charge on any atom is 0.258 e. The lowest BCUT2D eigenvalue weighted by molar-refractivity contribution is 0.565. The molecule has 0 radical (unpaired) electrons. The Hall–Kier alpha value is -0.890. The summed E-state index contributed by atoms with van der Waals surface area (Å²) in [6, 6.07) is 3.20. The highest BCUT2D eigenvalue weighted by atomic mass is 35.5. The van der Waals surface area contributed by atoms with Crippen molar-refractivity contribution in [2.75, 3.05) is 0 Å². The van der Waals surface area contributed by atoms with E-state index in [0.29, 0.717) is 4.34 Å². The maximum absolute atomic E-state index is 11.9. The fourth-order valence-electron chi connectivity index (χ4n) is 1.31. The molecule has 5 nitrogen and oxygen atoms in total. The van der Waals surface area contributed by atoms with E-state index in [0.717, 1.165) is 4.88 Å². The Morgan fingerprint density at radius 2 is 2.29 bits per heavy atom. The van der Waals surface area contributed by atoms with E-state index >= 15 is 0 Å². The van der Waals surface area contributed by atoms with Gasteiger partial charge in [0.15, 0.2) is 5.03 Å². The lowest BCUT2D eigenvalue weighted by Gasteiger charge is -2.11. The molecule has 0 aliphatic rings. The van der Waals surface area contributed by atoms with Crippen LogP contribution < -0.4 is 4.72 Å². The molecule has 1 unspecified atom stereocenters. The second-order valence-corrected chi connectivity index (χ2v) is 6.83. The average molecular weight is 292 g/mol. The molecule has 0 fully saturated rings. The molecule has 0 amide bonds. The minimum absolute atomic E-state index is 0.0482. The molecule has 2 rings (SSSR count). The number of rotatable bonds is 4. The summed E-state index contributed by atoms with van der Waals surface area (Å²) in [5, 5.41) is 0.0482. The molecule has 1 atom stereocenters. The third kappa shape index (κ3) is 2.86. The van der Waals surface area contributed by atoms with Crippen molar-refractivity contribution in [3.05, 3.63) is 33.9 Å². The van der Waals surface area contributed by atoms with Crippen molar-refractivity contribution in [3.8, 4) is 0 Å². The number of nitrogens with zero attached hydrogens (tertiary/aromatic N) is 1. The molecule has 2 aromatic heterocycles. The highest BCUT2D eigenvalue weighted by molar-refractivity contribution is 7.89. The van der Waals surface area contributed by atoms with Gasteiger partial charge >= 0.3 is 0 Å². The van der Waals surface area contributed by atoms with Gasteiger partial charge in [-0.1, -0.05) is 11.6 Å². The van der Waals surface area contributed by atoms with Gasteiger partial charge in [-0.05, 0) is 19.1 Å². The fourth-order valence-corrected chi connectivity index (χ4v) is 3.57. The minimum atomic E-state index is -3.56.